The van der Waals surface area contributed by atoms with Gasteiger partial charge in [-0.2, -0.15) is 48.4 Å². The first kappa shape index (κ1) is 33.6. The van der Waals surface area contributed by atoms with Crippen LogP contribution in [0.1, 0.15) is 39.2 Å². The van der Waals surface area contributed by atoms with E-state index in [2.05, 4.69) is 35.5 Å². The van der Waals surface area contributed by atoms with Crippen LogP contribution in [0.3, 0.4) is 0 Å². The van der Waals surface area contributed by atoms with Crippen molar-refractivity contribution in [2.75, 3.05) is 37.8 Å². The predicted molar refractivity (Wildman–Crippen MR) is 153 cm³/mol. The molecule has 0 bridgehead atoms. The lowest BCUT2D eigenvalue weighted by molar-refractivity contribution is -0.165. The second kappa shape index (κ2) is 18.8. The van der Waals surface area contributed by atoms with E-state index in [0.717, 1.165) is 18.5 Å². The first-order chi connectivity index (χ1) is 17.6. The fraction of sp³-hybridized carbons (Fsp3) is 0.667. The monoisotopic (exact) mass is 594 g/mol. The van der Waals surface area contributed by atoms with Crippen LogP contribution < -0.4 is 5.32 Å². The van der Waals surface area contributed by atoms with Crippen LogP contribution >= 0.6 is 48.4 Å². The van der Waals surface area contributed by atoms with Crippen molar-refractivity contribution in [2.24, 2.45) is 5.92 Å². The van der Waals surface area contributed by atoms with E-state index in [9.17, 15) is 19.2 Å². The van der Waals surface area contributed by atoms with Gasteiger partial charge < -0.3 is 19.5 Å². The van der Waals surface area contributed by atoms with Gasteiger partial charge in [-0.25, -0.2) is 4.79 Å². The van der Waals surface area contributed by atoms with Crippen LogP contribution in [-0.4, -0.2) is 83.9 Å². The molecule has 0 radical (unpaired) electrons. The standard InChI is InChI=1S/C24H38N2O7S4/c1-16(24(30)32-12-21(33-18(3)28)11-31-17(2)27)25-23(29)20(9-19-6-8-37-13-19)10-22(36-4)5-7-26(14-34)15-35/h6,8,13,16,20-22,34-35H,5,7,9-12,14-15H2,1-4H3,(H,25,29). The molecule has 4 atom stereocenters. The van der Waals surface area contributed by atoms with Gasteiger partial charge in [0.15, 0.2) is 6.10 Å². The number of hydrogen-bond acceptors (Lipinski definition) is 12. The van der Waals surface area contributed by atoms with Gasteiger partial charge >= 0.3 is 17.9 Å². The lowest BCUT2D eigenvalue weighted by atomic mass is 9.93. The van der Waals surface area contributed by atoms with Gasteiger partial charge in [0.2, 0.25) is 5.91 Å². The van der Waals surface area contributed by atoms with Gasteiger partial charge in [0.25, 0.3) is 0 Å². The molecule has 0 fully saturated rings. The second-order valence-corrected chi connectivity index (χ2v) is 11.0. The molecule has 13 heteroatoms. The fourth-order valence-electron chi connectivity index (χ4n) is 3.39. The first-order valence-electron chi connectivity index (χ1n) is 11.8. The number of nitrogens with zero attached hydrogens (tertiary/aromatic N) is 1. The molecule has 0 aliphatic carbocycles. The lowest BCUT2D eigenvalue weighted by Gasteiger charge is -2.25. The van der Waals surface area contributed by atoms with Crippen molar-refractivity contribution in [2.45, 2.75) is 57.4 Å². The molecule has 1 heterocycles. The number of thioether (sulfide) groups is 1. The van der Waals surface area contributed by atoms with E-state index in [1.54, 1.807) is 23.1 Å². The van der Waals surface area contributed by atoms with Crippen molar-refractivity contribution in [1.82, 2.24) is 10.2 Å². The Balaban J connectivity index is 2.77. The molecule has 9 nitrogen and oxygen atoms in total. The van der Waals surface area contributed by atoms with Crippen LogP contribution in [0.4, 0.5) is 0 Å². The topological polar surface area (TPSA) is 111 Å². The van der Waals surface area contributed by atoms with Gasteiger partial charge in [0.1, 0.15) is 19.3 Å². The summed E-state index contributed by atoms with van der Waals surface area (Å²) in [6.45, 7) is 4.25. The summed E-state index contributed by atoms with van der Waals surface area (Å²) < 4.78 is 15.1. The van der Waals surface area contributed by atoms with Crippen LogP contribution in [0.15, 0.2) is 16.8 Å². The van der Waals surface area contributed by atoms with Gasteiger partial charge in [-0.05, 0) is 54.8 Å². The van der Waals surface area contributed by atoms with Crippen molar-refractivity contribution in [1.29, 1.82) is 0 Å². The van der Waals surface area contributed by atoms with Gasteiger partial charge in [-0.1, -0.05) is 0 Å². The molecule has 0 saturated carbocycles. The maximum atomic E-state index is 13.3. The summed E-state index contributed by atoms with van der Waals surface area (Å²) in [5.41, 5.74) is 1.07. The average molecular weight is 595 g/mol. The Labute approximate surface area is 238 Å². The normalized spacial score (nSPS) is 14.4. The maximum absolute atomic E-state index is 13.3. The summed E-state index contributed by atoms with van der Waals surface area (Å²) in [5.74, 6) is -1.16. The number of thiol groups is 2. The molecule has 1 amide bonds. The highest BCUT2D eigenvalue weighted by atomic mass is 32.2. The Kier molecular flexibility index (Phi) is 17.1. The summed E-state index contributed by atoms with van der Waals surface area (Å²) in [6, 6.07) is 1.08. The predicted octanol–water partition coefficient (Wildman–Crippen LogP) is 3.04. The van der Waals surface area contributed by atoms with Crippen molar-refractivity contribution < 1.29 is 33.4 Å². The largest absolute Gasteiger partial charge is 0.462 e. The summed E-state index contributed by atoms with van der Waals surface area (Å²) in [6.07, 6.45) is 3.19. The number of amides is 1. The number of carbonyl (C=O) groups excluding carboxylic acids is 4. The number of nitrogens with one attached hydrogen (secondary N) is 1. The molecule has 1 aromatic rings. The molecule has 0 aliphatic heterocycles. The van der Waals surface area contributed by atoms with Gasteiger partial charge in [0, 0.05) is 43.3 Å². The molecule has 0 aromatic carbocycles. The van der Waals surface area contributed by atoms with E-state index >= 15 is 0 Å². The third kappa shape index (κ3) is 14.4. The molecular formula is C24H38N2O7S4. The molecular weight excluding hydrogens is 557 g/mol. The zero-order chi connectivity index (χ0) is 27.8. The second-order valence-electron chi connectivity index (χ2n) is 8.49. The molecule has 0 saturated heterocycles. The maximum Gasteiger partial charge on any atom is 0.328 e. The minimum Gasteiger partial charge on any atom is -0.462 e. The van der Waals surface area contributed by atoms with E-state index in [-0.39, 0.29) is 30.3 Å². The third-order valence-electron chi connectivity index (χ3n) is 5.41. The van der Waals surface area contributed by atoms with E-state index in [1.807, 2.05) is 23.1 Å². The Morgan fingerprint density at radius 1 is 1.11 bits per heavy atom. The van der Waals surface area contributed by atoms with Crippen molar-refractivity contribution in [3.63, 3.8) is 0 Å². The number of hydrogen-bond donors (Lipinski definition) is 3. The molecule has 0 aliphatic rings. The van der Waals surface area contributed by atoms with Gasteiger partial charge in [-0.3, -0.25) is 19.3 Å². The zero-order valence-corrected chi connectivity index (χ0v) is 25.1. The number of rotatable bonds is 18. The molecule has 0 spiro atoms. The summed E-state index contributed by atoms with van der Waals surface area (Å²) in [4.78, 5) is 50.3. The van der Waals surface area contributed by atoms with Crippen LogP contribution in [0.25, 0.3) is 0 Å². The number of carbonyl (C=O) groups is 4. The van der Waals surface area contributed by atoms with Crippen LogP contribution in [0, 0.1) is 5.92 Å². The molecule has 37 heavy (non-hydrogen) atoms. The van der Waals surface area contributed by atoms with Crippen LogP contribution in [0.5, 0.6) is 0 Å². The van der Waals surface area contributed by atoms with Crippen LogP contribution in [0.2, 0.25) is 0 Å². The molecule has 1 N–H and O–H groups in total. The fourth-order valence-corrected chi connectivity index (χ4v) is 5.48. The molecule has 1 aromatic heterocycles. The summed E-state index contributed by atoms with van der Waals surface area (Å²) in [5, 5.41) is 7.01. The Morgan fingerprint density at radius 2 is 1.78 bits per heavy atom. The van der Waals surface area contributed by atoms with Crippen molar-refractivity contribution in [3.05, 3.63) is 22.4 Å². The minimum absolute atomic E-state index is 0.230. The Morgan fingerprint density at radius 3 is 2.32 bits per heavy atom. The smallest absolute Gasteiger partial charge is 0.328 e. The van der Waals surface area contributed by atoms with Crippen LogP contribution in [-0.2, 0) is 39.8 Å². The third-order valence-corrected chi connectivity index (χ3v) is 8.04. The molecule has 1 rings (SSSR count). The van der Waals surface area contributed by atoms with E-state index in [0.29, 0.717) is 24.6 Å². The van der Waals surface area contributed by atoms with E-state index in [4.69, 9.17) is 14.2 Å². The number of ether oxygens (including phenoxy) is 3. The van der Waals surface area contributed by atoms with E-state index < -0.39 is 30.1 Å². The number of thiophene rings is 1. The van der Waals surface area contributed by atoms with Gasteiger partial charge in [-0.15, -0.1) is 0 Å². The average Bonchev–Trinajstić information content (AvgIpc) is 3.37. The first-order valence-corrected chi connectivity index (χ1v) is 15.3. The van der Waals surface area contributed by atoms with Crippen molar-refractivity contribution in [3.8, 4) is 0 Å². The zero-order valence-electron chi connectivity index (χ0n) is 21.7. The molecule has 210 valence electrons. The SMILES string of the molecule is CSC(CCN(CS)CS)CC(Cc1ccsc1)C(=O)NC(C)C(=O)OCC(COC(C)=O)OC(C)=O. The Bertz CT molecular complexity index is 837. The van der Waals surface area contributed by atoms with E-state index in [1.165, 1.54) is 20.8 Å². The molecule has 4 unspecified atom stereocenters. The minimum atomic E-state index is -0.934. The highest BCUT2D eigenvalue weighted by Gasteiger charge is 2.27. The number of esters is 3. The Hall–Kier alpha value is -1.41. The summed E-state index contributed by atoms with van der Waals surface area (Å²) in [7, 11) is 0. The quantitative estimate of drug-likeness (QED) is 0.102. The lowest BCUT2D eigenvalue weighted by Crippen LogP contribution is -2.44. The highest BCUT2D eigenvalue weighted by molar-refractivity contribution is 7.99. The van der Waals surface area contributed by atoms with Crippen molar-refractivity contribution >= 4 is 72.2 Å². The summed E-state index contributed by atoms with van der Waals surface area (Å²) >= 11 is 11.9. The highest BCUT2D eigenvalue weighted by Crippen LogP contribution is 2.25. The van der Waals surface area contributed by atoms with Gasteiger partial charge in [0.05, 0.1) is 0 Å².